The summed E-state index contributed by atoms with van der Waals surface area (Å²) in [6, 6.07) is 10.0. The first-order chi connectivity index (χ1) is 14.7. The van der Waals surface area contributed by atoms with Crippen molar-refractivity contribution in [1.82, 2.24) is 10.7 Å². The second kappa shape index (κ2) is 9.15. The number of carbonyl (C=O) groups excluding carboxylic acids is 2. The Hall–Kier alpha value is -4.09. The van der Waals surface area contributed by atoms with Gasteiger partial charge in [0.15, 0.2) is 0 Å². The number of hydrogen-bond acceptors (Lipinski definition) is 7. The van der Waals surface area contributed by atoms with Crippen molar-refractivity contribution in [2.75, 3.05) is 5.32 Å². The molecule has 0 fully saturated rings. The van der Waals surface area contributed by atoms with Gasteiger partial charge in [-0.3, -0.25) is 14.9 Å². The predicted octanol–water partition coefficient (Wildman–Crippen LogP) is 2.10. The molecule has 31 heavy (non-hydrogen) atoms. The summed E-state index contributed by atoms with van der Waals surface area (Å²) >= 11 is 0. The average Bonchev–Trinajstić information content (AvgIpc) is 3.03. The van der Waals surface area contributed by atoms with Gasteiger partial charge in [-0.15, -0.1) is 13.2 Å². The molecular formula is C19H16F3N5O4. The van der Waals surface area contributed by atoms with Gasteiger partial charge >= 0.3 is 6.36 Å². The summed E-state index contributed by atoms with van der Waals surface area (Å²) in [5.74, 6) is -1.46. The van der Waals surface area contributed by atoms with Crippen molar-refractivity contribution in [2.24, 2.45) is 10.1 Å². The van der Waals surface area contributed by atoms with E-state index in [2.05, 4.69) is 30.9 Å². The van der Waals surface area contributed by atoms with Gasteiger partial charge in [0.25, 0.3) is 5.91 Å². The van der Waals surface area contributed by atoms with Gasteiger partial charge in [0.1, 0.15) is 17.5 Å². The van der Waals surface area contributed by atoms with Gasteiger partial charge in [-0.25, -0.2) is 10.4 Å². The highest BCUT2D eigenvalue weighted by Crippen LogP contribution is 2.24. The van der Waals surface area contributed by atoms with E-state index in [1.807, 2.05) is 0 Å². The maximum Gasteiger partial charge on any atom is 0.573 e. The molecule has 1 heterocycles. The number of guanidine groups is 1. The molecular weight excluding hydrogens is 419 g/mol. The first-order valence-corrected chi connectivity index (χ1v) is 8.81. The number of halogens is 3. The minimum absolute atomic E-state index is 0.0259. The zero-order valence-electron chi connectivity index (χ0n) is 15.7. The maximum absolute atomic E-state index is 12.2. The summed E-state index contributed by atoms with van der Waals surface area (Å²) in [5, 5.41) is 18.4. The number of rotatable bonds is 6. The van der Waals surface area contributed by atoms with E-state index in [-0.39, 0.29) is 23.8 Å². The number of anilines is 1. The first kappa shape index (κ1) is 21.6. The standard InChI is InChI=1S/C19H16F3N5O4/c20-19(21,22)31-13-7-5-12(6-8-13)24-16(29)9-14-17(30)26-18(25-14)27-23-10-11-3-1-2-4-15(11)28/h1-8,10,14,28H,9H2,(H,24,29)(H2,25,26,27,30)/b23-10+. The minimum Gasteiger partial charge on any atom is -0.507 e. The molecule has 3 rings (SSSR count). The van der Waals surface area contributed by atoms with Crippen LogP contribution in [-0.2, 0) is 9.59 Å². The van der Waals surface area contributed by atoms with Crippen LogP contribution >= 0.6 is 0 Å². The lowest BCUT2D eigenvalue weighted by Crippen LogP contribution is -2.35. The number of nitrogens with zero attached hydrogens (tertiary/aromatic N) is 2. The molecule has 1 atom stereocenters. The van der Waals surface area contributed by atoms with Gasteiger partial charge in [-0.1, -0.05) is 12.1 Å². The van der Waals surface area contributed by atoms with Gasteiger partial charge < -0.3 is 15.2 Å². The first-order valence-electron chi connectivity index (χ1n) is 8.81. The molecule has 1 unspecified atom stereocenters. The molecule has 0 aromatic heterocycles. The quantitative estimate of drug-likeness (QED) is 0.409. The third-order valence-electron chi connectivity index (χ3n) is 3.89. The topological polar surface area (TPSA) is 124 Å². The summed E-state index contributed by atoms with van der Waals surface area (Å²) in [6.45, 7) is 0. The number of nitrogens with one attached hydrogen (secondary N) is 3. The van der Waals surface area contributed by atoms with Crippen molar-refractivity contribution in [2.45, 2.75) is 18.8 Å². The van der Waals surface area contributed by atoms with Crippen LogP contribution in [0.1, 0.15) is 12.0 Å². The molecule has 12 heteroatoms. The van der Waals surface area contributed by atoms with E-state index in [1.54, 1.807) is 18.2 Å². The zero-order valence-corrected chi connectivity index (χ0v) is 15.7. The number of ether oxygens (including phenoxy) is 1. The minimum atomic E-state index is -4.81. The Morgan fingerprint density at radius 2 is 1.94 bits per heavy atom. The van der Waals surface area contributed by atoms with E-state index < -0.39 is 30.0 Å². The van der Waals surface area contributed by atoms with Crippen LogP contribution in [0.15, 0.2) is 58.6 Å². The van der Waals surface area contributed by atoms with Crippen LogP contribution in [0.25, 0.3) is 0 Å². The number of hydrazone groups is 1. The summed E-state index contributed by atoms with van der Waals surface area (Å²) in [5.41, 5.74) is 3.18. The fourth-order valence-corrected chi connectivity index (χ4v) is 2.53. The van der Waals surface area contributed by atoms with Crippen molar-refractivity contribution in [3.8, 4) is 11.5 Å². The predicted molar refractivity (Wildman–Crippen MR) is 105 cm³/mol. The normalized spacial score (nSPS) is 16.0. The van der Waals surface area contributed by atoms with Crippen LogP contribution < -0.4 is 20.8 Å². The average molecular weight is 435 g/mol. The smallest absolute Gasteiger partial charge is 0.507 e. The molecule has 9 nitrogen and oxygen atoms in total. The number of para-hydroxylation sites is 1. The van der Waals surface area contributed by atoms with Crippen molar-refractivity contribution >= 4 is 29.7 Å². The van der Waals surface area contributed by atoms with Crippen molar-refractivity contribution in [3.63, 3.8) is 0 Å². The van der Waals surface area contributed by atoms with Gasteiger partial charge in [-0.2, -0.15) is 5.10 Å². The number of phenols is 1. The summed E-state index contributed by atoms with van der Waals surface area (Å²) in [6.07, 6.45) is -3.77. The Morgan fingerprint density at radius 1 is 1.23 bits per heavy atom. The summed E-state index contributed by atoms with van der Waals surface area (Å²) < 4.78 is 40.2. The molecule has 0 radical (unpaired) electrons. The molecule has 0 saturated heterocycles. The maximum atomic E-state index is 12.2. The molecule has 0 saturated carbocycles. The van der Waals surface area contributed by atoms with Crippen LogP contribution in [0.2, 0.25) is 0 Å². The van der Waals surface area contributed by atoms with Crippen LogP contribution in [-0.4, -0.2) is 41.5 Å². The molecule has 0 bridgehead atoms. The second-order valence-corrected chi connectivity index (χ2v) is 6.24. The summed E-state index contributed by atoms with van der Waals surface area (Å²) in [4.78, 5) is 28.1. The van der Waals surface area contributed by atoms with E-state index in [4.69, 9.17) is 0 Å². The lowest BCUT2D eigenvalue weighted by atomic mass is 10.2. The van der Waals surface area contributed by atoms with Crippen molar-refractivity contribution in [3.05, 3.63) is 54.1 Å². The number of carbonyl (C=O) groups is 2. The number of amides is 2. The van der Waals surface area contributed by atoms with Gasteiger partial charge in [-0.05, 0) is 36.4 Å². The molecule has 2 amide bonds. The van der Waals surface area contributed by atoms with Gasteiger partial charge in [0.2, 0.25) is 11.9 Å². The van der Waals surface area contributed by atoms with E-state index in [0.717, 1.165) is 12.1 Å². The molecule has 0 aliphatic carbocycles. The van der Waals surface area contributed by atoms with Crippen molar-refractivity contribution < 1.29 is 32.6 Å². The highest BCUT2D eigenvalue weighted by atomic mass is 19.4. The van der Waals surface area contributed by atoms with E-state index in [9.17, 15) is 27.9 Å². The Bertz CT molecular complexity index is 1020. The Morgan fingerprint density at radius 3 is 2.61 bits per heavy atom. The lowest BCUT2D eigenvalue weighted by Gasteiger charge is -2.10. The number of aromatic hydroxyl groups is 1. The zero-order chi connectivity index (χ0) is 22.4. The monoisotopic (exact) mass is 435 g/mol. The van der Waals surface area contributed by atoms with Crippen LogP contribution in [0.5, 0.6) is 11.5 Å². The van der Waals surface area contributed by atoms with Crippen LogP contribution in [0.3, 0.4) is 0 Å². The van der Waals surface area contributed by atoms with Crippen LogP contribution in [0, 0.1) is 0 Å². The molecule has 0 spiro atoms. The number of alkyl halides is 3. The number of benzene rings is 2. The number of phenolic OH excluding ortho intramolecular Hbond substituents is 1. The molecule has 162 valence electrons. The van der Waals surface area contributed by atoms with E-state index in [0.29, 0.717) is 5.56 Å². The Kier molecular flexibility index (Phi) is 6.38. The van der Waals surface area contributed by atoms with Gasteiger partial charge in [0, 0.05) is 11.3 Å². The Labute approximate surface area is 173 Å². The Balaban J connectivity index is 1.52. The van der Waals surface area contributed by atoms with E-state index in [1.165, 1.54) is 24.4 Å². The lowest BCUT2D eigenvalue weighted by molar-refractivity contribution is -0.274. The molecule has 4 N–H and O–H groups in total. The largest absolute Gasteiger partial charge is 0.573 e. The number of hydrogen-bond donors (Lipinski definition) is 4. The van der Waals surface area contributed by atoms with Crippen molar-refractivity contribution in [1.29, 1.82) is 0 Å². The number of aliphatic imine (C=N–C) groups is 1. The van der Waals surface area contributed by atoms with E-state index >= 15 is 0 Å². The third-order valence-corrected chi connectivity index (χ3v) is 3.89. The molecule has 1 aliphatic heterocycles. The molecule has 2 aromatic carbocycles. The fraction of sp³-hybridized carbons (Fsp3) is 0.158. The fourth-order valence-electron chi connectivity index (χ4n) is 2.53. The SMILES string of the molecule is O=C(CC1N=C(N/N=C/c2ccccc2O)NC1=O)Nc1ccc(OC(F)(F)F)cc1. The molecule has 2 aromatic rings. The highest BCUT2D eigenvalue weighted by Gasteiger charge is 2.31. The third kappa shape index (κ3) is 6.45. The summed E-state index contributed by atoms with van der Waals surface area (Å²) in [7, 11) is 0. The van der Waals surface area contributed by atoms with Crippen LogP contribution in [0.4, 0.5) is 18.9 Å². The van der Waals surface area contributed by atoms with Gasteiger partial charge in [0.05, 0.1) is 12.6 Å². The second-order valence-electron chi connectivity index (χ2n) is 6.24. The molecule has 1 aliphatic rings. The highest BCUT2D eigenvalue weighted by molar-refractivity contribution is 6.07.